The van der Waals surface area contributed by atoms with Gasteiger partial charge in [-0.05, 0) is 18.6 Å². The van der Waals surface area contributed by atoms with Gasteiger partial charge in [-0.3, -0.25) is 4.68 Å². The number of hydrogen-bond donors (Lipinski definition) is 2. The minimum absolute atomic E-state index is 0.0631. The molecular formula is C20H22N6O. The van der Waals surface area contributed by atoms with Crippen LogP contribution in [0.2, 0.25) is 0 Å². The maximum atomic E-state index is 9.07. The minimum atomic E-state index is 0.0631. The Morgan fingerprint density at radius 2 is 1.96 bits per heavy atom. The quantitative estimate of drug-likeness (QED) is 0.550. The predicted molar refractivity (Wildman–Crippen MR) is 104 cm³/mol. The van der Waals surface area contributed by atoms with Crippen LogP contribution >= 0.6 is 0 Å². The van der Waals surface area contributed by atoms with Crippen molar-refractivity contribution in [1.82, 2.24) is 29.7 Å². The van der Waals surface area contributed by atoms with Crippen molar-refractivity contribution in [3.05, 3.63) is 48.4 Å². The lowest BCUT2D eigenvalue weighted by atomic mass is 10.1. The topological polar surface area (TPSA) is 92.5 Å². The third kappa shape index (κ3) is 3.33. The Morgan fingerprint density at radius 3 is 2.74 bits per heavy atom. The lowest BCUT2D eigenvalue weighted by Crippen LogP contribution is -2.01. The first-order valence-electron chi connectivity index (χ1n) is 9.19. The third-order valence-corrected chi connectivity index (χ3v) is 4.61. The molecule has 0 fully saturated rings. The van der Waals surface area contributed by atoms with Gasteiger partial charge in [-0.1, -0.05) is 13.8 Å². The Balaban J connectivity index is 1.80. The number of aliphatic hydroxyl groups is 1. The number of aryl methyl sites for hydroxylation is 2. The lowest BCUT2D eigenvalue weighted by molar-refractivity contribution is 0.269. The summed E-state index contributed by atoms with van der Waals surface area (Å²) in [5.74, 6) is 0.855. The summed E-state index contributed by atoms with van der Waals surface area (Å²) in [6, 6.07) is 4.15. The number of aliphatic hydroxyl groups excluding tert-OH is 1. The van der Waals surface area contributed by atoms with E-state index >= 15 is 0 Å². The Hall–Kier alpha value is -3.06. The van der Waals surface area contributed by atoms with Crippen molar-refractivity contribution in [1.29, 1.82) is 0 Å². The van der Waals surface area contributed by atoms with Gasteiger partial charge in [0.2, 0.25) is 0 Å². The van der Waals surface area contributed by atoms with Crippen LogP contribution in [0.5, 0.6) is 0 Å². The zero-order chi connectivity index (χ0) is 18.8. The molecule has 138 valence electrons. The van der Waals surface area contributed by atoms with E-state index in [1.165, 1.54) is 0 Å². The van der Waals surface area contributed by atoms with Gasteiger partial charge in [-0.2, -0.15) is 5.10 Å². The zero-order valence-corrected chi connectivity index (χ0v) is 15.5. The Bertz CT molecular complexity index is 1060. The summed E-state index contributed by atoms with van der Waals surface area (Å²) in [5.41, 5.74) is 5.75. The number of aromatic nitrogens is 6. The number of nitrogens with zero attached hydrogens (tertiary/aromatic N) is 5. The van der Waals surface area contributed by atoms with Crippen molar-refractivity contribution in [2.24, 2.45) is 0 Å². The highest BCUT2D eigenvalue weighted by molar-refractivity contribution is 5.94. The summed E-state index contributed by atoms with van der Waals surface area (Å²) >= 11 is 0. The standard InChI is InChI=1S/C20H22N6O/c1-3-15-8-18(25-19(4-2)24-15)17-11-22-20-16(17)7-13(9-21-20)14-10-23-26(12-14)5-6-27/h7-12,27H,3-6H2,1-2H3,(H,21,22). The fourth-order valence-corrected chi connectivity index (χ4v) is 3.14. The first-order valence-corrected chi connectivity index (χ1v) is 9.19. The summed E-state index contributed by atoms with van der Waals surface area (Å²) in [7, 11) is 0. The molecule has 0 radical (unpaired) electrons. The van der Waals surface area contributed by atoms with E-state index in [1.807, 2.05) is 24.7 Å². The van der Waals surface area contributed by atoms with Gasteiger partial charge in [0.1, 0.15) is 11.5 Å². The molecule has 0 aliphatic heterocycles. The third-order valence-electron chi connectivity index (χ3n) is 4.61. The average Bonchev–Trinajstić information content (AvgIpc) is 3.34. The van der Waals surface area contributed by atoms with Gasteiger partial charge < -0.3 is 10.1 Å². The SMILES string of the molecule is CCc1cc(-c2c[nH]c3ncc(-c4cnn(CCO)c4)cc23)nc(CC)n1. The number of pyridine rings is 1. The van der Waals surface area contributed by atoms with Gasteiger partial charge in [0.05, 0.1) is 25.0 Å². The van der Waals surface area contributed by atoms with E-state index in [2.05, 4.69) is 40.0 Å². The Kier molecular flexibility index (Phi) is 4.68. The molecule has 0 aliphatic carbocycles. The number of nitrogens with one attached hydrogen (secondary N) is 1. The second kappa shape index (κ2) is 7.28. The van der Waals surface area contributed by atoms with Gasteiger partial charge in [0.15, 0.2) is 0 Å². The van der Waals surface area contributed by atoms with Crippen LogP contribution in [-0.2, 0) is 19.4 Å². The largest absolute Gasteiger partial charge is 0.394 e. The number of fused-ring (bicyclic) bond motifs is 1. The van der Waals surface area contributed by atoms with Crippen LogP contribution in [0.4, 0.5) is 0 Å². The second-order valence-electron chi connectivity index (χ2n) is 6.41. The Labute approximate surface area is 157 Å². The molecule has 4 heterocycles. The van der Waals surface area contributed by atoms with E-state index < -0.39 is 0 Å². The van der Waals surface area contributed by atoms with Crippen LogP contribution in [0.1, 0.15) is 25.4 Å². The van der Waals surface area contributed by atoms with Gasteiger partial charge in [0.25, 0.3) is 0 Å². The van der Waals surface area contributed by atoms with Crippen LogP contribution in [0.15, 0.2) is 36.9 Å². The summed E-state index contributed by atoms with van der Waals surface area (Å²) in [5, 5.41) is 14.4. The van der Waals surface area contributed by atoms with Gasteiger partial charge in [0, 0.05) is 52.8 Å². The van der Waals surface area contributed by atoms with Crippen molar-refractivity contribution >= 4 is 11.0 Å². The molecule has 27 heavy (non-hydrogen) atoms. The number of rotatable bonds is 6. The average molecular weight is 362 g/mol. The summed E-state index contributed by atoms with van der Waals surface area (Å²) in [6.45, 7) is 4.71. The molecule has 0 amide bonds. The summed E-state index contributed by atoms with van der Waals surface area (Å²) in [4.78, 5) is 17.1. The van der Waals surface area contributed by atoms with Gasteiger partial charge in [-0.25, -0.2) is 15.0 Å². The highest BCUT2D eigenvalue weighted by Gasteiger charge is 2.13. The van der Waals surface area contributed by atoms with E-state index in [0.717, 1.165) is 57.8 Å². The molecule has 7 heteroatoms. The van der Waals surface area contributed by atoms with Crippen LogP contribution in [0.3, 0.4) is 0 Å². The normalized spacial score (nSPS) is 11.4. The zero-order valence-electron chi connectivity index (χ0n) is 15.5. The van der Waals surface area contributed by atoms with E-state index in [9.17, 15) is 0 Å². The van der Waals surface area contributed by atoms with Crippen LogP contribution in [-0.4, -0.2) is 41.4 Å². The van der Waals surface area contributed by atoms with Crippen LogP contribution in [0, 0.1) is 0 Å². The van der Waals surface area contributed by atoms with E-state index in [0.29, 0.717) is 6.54 Å². The van der Waals surface area contributed by atoms with E-state index in [1.54, 1.807) is 10.9 Å². The monoisotopic (exact) mass is 362 g/mol. The second-order valence-corrected chi connectivity index (χ2v) is 6.41. The van der Waals surface area contributed by atoms with Crippen molar-refractivity contribution in [2.45, 2.75) is 33.2 Å². The number of aromatic amines is 1. The molecular weight excluding hydrogens is 340 g/mol. The molecule has 2 N–H and O–H groups in total. The first-order chi connectivity index (χ1) is 13.2. The Morgan fingerprint density at radius 1 is 1.07 bits per heavy atom. The molecule has 0 aromatic carbocycles. The van der Waals surface area contributed by atoms with Crippen molar-refractivity contribution in [2.75, 3.05) is 6.61 Å². The van der Waals surface area contributed by atoms with Gasteiger partial charge >= 0.3 is 0 Å². The molecule has 0 atom stereocenters. The maximum Gasteiger partial charge on any atom is 0.137 e. The molecule has 0 unspecified atom stereocenters. The highest BCUT2D eigenvalue weighted by Crippen LogP contribution is 2.30. The molecule has 0 saturated heterocycles. The summed E-state index contributed by atoms with van der Waals surface area (Å²) < 4.78 is 1.73. The number of H-pyrrole nitrogens is 1. The molecule has 4 aromatic heterocycles. The lowest BCUT2D eigenvalue weighted by Gasteiger charge is -2.06. The number of hydrogen-bond acceptors (Lipinski definition) is 5. The molecule has 4 rings (SSSR count). The van der Waals surface area contributed by atoms with Gasteiger partial charge in [-0.15, -0.1) is 0 Å². The van der Waals surface area contributed by atoms with Crippen LogP contribution < -0.4 is 0 Å². The molecule has 0 bridgehead atoms. The first kappa shape index (κ1) is 17.4. The smallest absolute Gasteiger partial charge is 0.137 e. The molecule has 4 aromatic rings. The predicted octanol–water partition coefficient (Wildman–Crippen LogP) is 3.00. The molecule has 0 spiro atoms. The fraction of sp³-hybridized carbons (Fsp3) is 0.300. The van der Waals surface area contributed by atoms with E-state index in [-0.39, 0.29) is 6.61 Å². The van der Waals surface area contributed by atoms with Crippen LogP contribution in [0.25, 0.3) is 33.4 Å². The molecule has 0 aliphatic rings. The fourth-order valence-electron chi connectivity index (χ4n) is 3.14. The molecule has 0 saturated carbocycles. The minimum Gasteiger partial charge on any atom is -0.394 e. The summed E-state index contributed by atoms with van der Waals surface area (Å²) in [6.07, 6.45) is 9.17. The van der Waals surface area contributed by atoms with Crippen molar-refractivity contribution in [3.63, 3.8) is 0 Å². The highest BCUT2D eigenvalue weighted by atomic mass is 16.3. The van der Waals surface area contributed by atoms with E-state index in [4.69, 9.17) is 10.1 Å². The molecule has 7 nitrogen and oxygen atoms in total. The van der Waals surface area contributed by atoms with Crippen molar-refractivity contribution in [3.8, 4) is 22.4 Å². The van der Waals surface area contributed by atoms with Crippen molar-refractivity contribution < 1.29 is 5.11 Å². The maximum absolute atomic E-state index is 9.07.